The average Bonchev–Trinajstić information content (AvgIpc) is 3.10. The molecule has 2 N–H and O–H groups in total. The average molecular weight is 324 g/mol. The van der Waals surface area contributed by atoms with Crippen LogP contribution in [-0.2, 0) is 16.0 Å². The Morgan fingerprint density at radius 1 is 1.50 bits per heavy atom. The molecule has 0 aliphatic rings. The van der Waals surface area contributed by atoms with Gasteiger partial charge in [-0.15, -0.1) is 0 Å². The number of nitriles is 1. The fourth-order valence-corrected chi connectivity index (χ4v) is 2.15. The summed E-state index contributed by atoms with van der Waals surface area (Å²) in [5, 5.41) is 18.2. The lowest BCUT2D eigenvalue weighted by Crippen LogP contribution is -2.43. The first kappa shape index (κ1) is 17.0. The highest BCUT2D eigenvalue weighted by atomic mass is 16.4. The molecule has 24 heavy (non-hydrogen) atoms. The third-order valence-corrected chi connectivity index (χ3v) is 3.50. The summed E-state index contributed by atoms with van der Waals surface area (Å²) >= 11 is 0. The van der Waals surface area contributed by atoms with E-state index in [1.165, 1.54) is 25.6 Å². The van der Waals surface area contributed by atoms with E-state index < -0.39 is 17.9 Å². The van der Waals surface area contributed by atoms with Crippen molar-refractivity contribution < 1.29 is 14.7 Å². The van der Waals surface area contributed by atoms with Gasteiger partial charge in [-0.3, -0.25) is 4.79 Å². The Hall–Kier alpha value is -3.40. The van der Waals surface area contributed by atoms with E-state index in [1.54, 1.807) is 30.3 Å². The van der Waals surface area contributed by atoms with Gasteiger partial charge in [0.2, 0.25) is 5.91 Å². The predicted molar refractivity (Wildman–Crippen MR) is 86.7 cm³/mol. The van der Waals surface area contributed by atoms with Crippen molar-refractivity contribution in [2.45, 2.75) is 12.5 Å². The molecule has 1 heterocycles. The van der Waals surface area contributed by atoms with Crippen LogP contribution >= 0.6 is 0 Å². The molecule has 0 unspecified atom stereocenters. The molecule has 0 aliphatic heterocycles. The third-order valence-electron chi connectivity index (χ3n) is 3.50. The van der Waals surface area contributed by atoms with Gasteiger partial charge >= 0.3 is 5.97 Å². The van der Waals surface area contributed by atoms with E-state index in [-0.39, 0.29) is 6.42 Å². The minimum Gasteiger partial charge on any atom is -0.480 e. The van der Waals surface area contributed by atoms with Crippen LogP contribution in [0.4, 0.5) is 0 Å². The van der Waals surface area contributed by atoms with E-state index in [0.29, 0.717) is 16.8 Å². The van der Waals surface area contributed by atoms with Crippen LogP contribution < -0.4 is 0 Å². The summed E-state index contributed by atoms with van der Waals surface area (Å²) in [6.45, 7) is 0. The van der Waals surface area contributed by atoms with Gasteiger partial charge in [0.1, 0.15) is 6.04 Å². The Bertz CT molecular complexity index is 790. The minimum atomic E-state index is -1.10. The molecule has 1 aromatic carbocycles. The first-order chi connectivity index (χ1) is 11.5. The van der Waals surface area contributed by atoms with Gasteiger partial charge in [-0.25, -0.2) is 9.78 Å². The van der Waals surface area contributed by atoms with Crippen LogP contribution in [-0.4, -0.2) is 44.9 Å². The van der Waals surface area contributed by atoms with Crippen molar-refractivity contribution in [2.24, 2.45) is 0 Å². The maximum absolute atomic E-state index is 12.2. The van der Waals surface area contributed by atoms with E-state index in [1.807, 2.05) is 6.07 Å². The number of carbonyl (C=O) groups excluding carboxylic acids is 1. The Balaban J connectivity index is 2.09. The van der Waals surface area contributed by atoms with Crippen LogP contribution in [0.15, 0.2) is 42.9 Å². The second-order valence-electron chi connectivity index (χ2n) is 5.15. The molecular formula is C17H16N4O3. The van der Waals surface area contributed by atoms with Crippen molar-refractivity contribution in [3.05, 3.63) is 59.7 Å². The zero-order chi connectivity index (χ0) is 17.5. The number of rotatable bonds is 6. The largest absolute Gasteiger partial charge is 0.480 e. The van der Waals surface area contributed by atoms with Crippen LogP contribution in [0.3, 0.4) is 0 Å². The van der Waals surface area contributed by atoms with Crippen LogP contribution in [0.2, 0.25) is 0 Å². The maximum atomic E-state index is 12.2. The molecule has 1 aromatic heterocycles. The number of likely N-dealkylation sites (N-methyl/N-ethyl adjacent to an activating group) is 1. The van der Waals surface area contributed by atoms with Crippen molar-refractivity contribution in [1.82, 2.24) is 14.9 Å². The van der Waals surface area contributed by atoms with E-state index in [2.05, 4.69) is 9.97 Å². The Morgan fingerprint density at radius 3 is 2.92 bits per heavy atom. The molecule has 7 heteroatoms. The molecule has 7 nitrogen and oxygen atoms in total. The number of aliphatic carboxylic acids is 1. The summed E-state index contributed by atoms with van der Waals surface area (Å²) < 4.78 is 0. The summed E-state index contributed by atoms with van der Waals surface area (Å²) in [6, 6.07) is 7.78. The summed E-state index contributed by atoms with van der Waals surface area (Å²) in [7, 11) is 1.44. The number of carboxylic acid groups (broad SMARTS) is 1. The molecule has 1 amide bonds. The predicted octanol–water partition coefficient (Wildman–Crippen LogP) is 1.45. The number of carbonyl (C=O) groups is 2. The number of hydrogen-bond acceptors (Lipinski definition) is 4. The molecule has 0 radical (unpaired) electrons. The van der Waals surface area contributed by atoms with Gasteiger partial charge in [0, 0.05) is 31.4 Å². The highest BCUT2D eigenvalue weighted by molar-refractivity contribution is 5.94. The normalized spacial score (nSPS) is 11.8. The third kappa shape index (κ3) is 4.30. The first-order valence-electron chi connectivity index (χ1n) is 7.16. The Labute approximate surface area is 138 Å². The van der Waals surface area contributed by atoms with E-state index in [9.17, 15) is 14.7 Å². The van der Waals surface area contributed by atoms with E-state index in [4.69, 9.17) is 5.26 Å². The van der Waals surface area contributed by atoms with Gasteiger partial charge in [0.15, 0.2) is 0 Å². The number of hydrogen-bond donors (Lipinski definition) is 2. The summed E-state index contributed by atoms with van der Waals surface area (Å²) in [5.74, 6) is -1.54. The summed E-state index contributed by atoms with van der Waals surface area (Å²) in [6.07, 6.45) is 5.96. The maximum Gasteiger partial charge on any atom is 0.326 e. The van der Waals surface area contributed by atoms with Crippen molar-refractivity contribution in [1.29, 1.82) is 5.26 Å². The van der Waals surface area contributed by atoms with Crippen molar-refractivity contribution in [2.75, 3.05) is 7.05 Å². The Morgan fingerprint density at radius 2 is 2.29 bits per heavy atom. The number of aromatic nitrogens is 2. The molecule has 0 bridgehead atoms. The number of carboxylic acids is 1. The van der Waals surface area contributed by atoms with Gasteiger partial charge in [0.25, 0.3) is 0 Å². The molecule has 1 atom stereocenters. The zero-order valence-electron chi connectivity index (χ0n) is 13.0. The number of H-pyrrole nitrogens is 1. The quantitative estimate of drug-likeness (QED) is 0.781. The van der Waals surface area contributed by atoms with Crippen molar-refractivity contribution in [3.8, 4) is 6.07 Å². The van der Waals surface area contributed by atoms with Gasteiger partial charge in [0.05, 0.1) is 18.0 Å². The molecule has 122 valence electrons. The van der Waals surface area contributed by atoms with Crippen molar-refractivity contribution in [3.63, 3.8) is 0 Å². The Kier molecular flexibility index (Phi) is 5.47. The van der Waals surface area contributed by atoms with Gasteiger partial charge in [-0.05, 0) is 23.8 Å². The number of nitrogens with zero attached hydrogens (tertiary/aromatic N) is 3. The van der Waals surface area contributed by atoms with E-state index in [0.717, 1.165) is 4.90 Å². The number of aromatic amines is 1. The van der Waals surface area contributed by atoms with Crippen molar-refractivity contribution >= 4 is 18.0 Å². The van der Waals surface area contributed by atoms with Crippen LogP contribution in [0, 0.1) is 11.3 Å². The highest BCUT2D eigenvalue weighted by Gasteiger charge is 2.26. The summed E-state index contributed by atoms with van der Waals surface area (Å²) in [5.41, 5.74) is 1.81. The number of benzene rings is 1. The lowest BCUT2D eigenvalue weighted by atomic mass is 10.1. The minimum absolute atomic E-state index is 0.134. The number of nitrogens with one attached hydrogen (secondary N) is 1. The molecule has 2 rings (SSSR count). The van der Waals surface area contributed by atoms with E-state index >= 15 is 0 Å². The number of amides is 1. The SMILES string of the molecule is CN(C(=O)C=Cc1cccc(C#N)c1)[C@@H](Cc1cnc[nH]1)C(=O)O. The van der Waals surface area contributed by atoms with Crippen LogP contribution in [0.1, 0.15) is 16.8 Å². The molecular weight excluding hydrogens is 308 g/mol. The molecule has 2 aromatic rings. The highest BCUT2D eigenvalue weighted by Crippen LogP contribution is 2.09. The van der Waals surface area contributed by atoms with Crippen LogP contribution in [0.5, 0.6) is 0 Å². The molecule has 0 saturated carbocycles. The lowest BCUT2D eigenvalue weighted by Gasteiger charge is -2.23. The topological polar surface area (TPSA) is 110 Å². The standard InChI is InChI=1S/C17H16N4O3/c1-21(15(17(23)24)8-14-10-19-11-20-14)16(22)6-5-12-3-2-4-13(7-12)9-18/h2-7,10-11,15H,8H2,1H3,(H,19,20)(H,23,24)/t15-/m0/s1. The lowest BCUT2D eigenvalue weighted by molar-refractivity contribution is -0.147. The van der Waals surface area contributed by atoms with Gasteiger partial charge in [-0.1, -0.05) is 12.1 Å². The second-order valence-corrected chi connectivity index (χ2v) is 5.15. The molecule has 0 fully saturated rings. The van der Waals surface area contributed by atoms with Crippen LogP contribution in [0.25, 0.3) is 6.08 Å². The molecule has 0 aliphatic carbocycles. The molecule has 0 saturated heterocycles. The summed E-state index contributed by atoms with van der Waals surface area (Å²) in [4.78, 5) is 31.5. The number of imidazole rings is 1. The monoisotopic (exact) mass is 324 g/mol. The fourth-order valence-electron chi connectivity index (χ4n) is 2.15. The zero-order valence-corrected chi connectivity index (χ0v) is 13.0. The smallest absolute Gasteiger partial charge is 0.326 e. The van der Waals surface area contributed by atoms with Gasteiger partial charge in [-0.2, -0.15) is 5.26 Å². The first-order valence-corrected chi connectivity index (χ1v) is 7.16. The fraction of sp³-hybridized carbons (Fsp3) is 0.176. The van der Waals surface area contributed by atoms with Gasteiger partial charge < -0.3 is 15.0 Å². The molecule has 0 spiro atoms. The second kappa shape index (κ2) is 7.74.